The summed E-state index contributed by atoms with van der Waals surface area (Å²) in [5.41, 5.74) is 1.00. The van der Waals surface area contributed by atoms with Crippen molar-refractivity contribution in [2.75, 3.05) is 0 Å². The lowest BCUT2D eigenvalue weighted by Crippen LogP contribution is -2.41. The normalized spacial score (nSPS) is 13.0. The highest BCUT2D eigenvalue weighted by molar-refractivity contribution is 5.94. The highest BCUT2D eigenvalue weighted by atomic mass is 19.4. The summed E-state index contributed by atoms with van der Waals surface area (Å²) in [7, 11) is 0. The zero-order chi connectivity index (χ0) is 41.3. The molecule has 0 fully saturated rings. The van der Waals surface area contributed by atoms with Gasteiger partial charge in [0.25, 0.3) is 5.56 Å². The number of aromatic nitrogens is 3. The van der Waals surface area contributed by atoms with Crippen molar-refractivity contribution in [2.24, 2.45) is 5.92 Å². The fraction of sp³-hybridized carbons (Fsp3) is 0.295. The van der Waals surface area contributed by atoms with E-state index in [0.29, 0.717) is 45.0 Å². The number of nitrogens with zero attached hydrogens (tertiary/aromatic N) is 3. The van der Waals surface area contributed by atoms with E-state index in [1.807, 2.05) is 30.3 Å². The van der Waals surface area contributed by atoms with Crippen molar-refractivity contribution >= 4 is 33.7 Å². The number of carbonyl (C=O) groups is 2. The van der Waals surface area contributed by atoms with Crippen LogP contribution in [0.4, 0.5) is 22.0 Å². The largest absolute Gasteiger partial charge is 0.481 e. The summed E-state index contributed by atoms with van der Waals surface area (Å²) in [4.78, 5) is 49.2. The molecule has 0 aliphatic rings. The number of para-hydroxylation sites is 1. The molecule has 0 radical (unpaired) electrons. The Morgan fingerprint density at radius 3 is 2.25 bits per heavy atom. The topological polar surface area (TPSA) is 114 Å². The highest BCUT2D eigenvalue weighted by Crippen LogP contribution is 2.40. The fourth-order valence-corrected chi connectivity index (χ4v) is 7.43. The maximum absolute atomic E-state index is 16.0. The van der Waals surface area contributed by atoms with E-state index in [1.165, 1.54) is 29.8 Å². The van der Waals surface area contributed by atoms with Gasteiger partial charge in [-0.15, -0.1) is 0 Å². The molecule has 0 aliphatic heterocycles. The van der Waals surface area contributed by atoms with E-state index < -0.39 is 64.9 Å². The number of hydrogen-bond acceptors (Lipinski definition) is 5. The van der Waals surface area contributed by atoms with Gasteiger partial charge in [-0.2, -0.15) is 13.2 Å². The van der Waals surface area contributed by atoms with Gasteiger partial charge in [-0.3, -0.25) is 23.9 Å². The van der Waals surface area contributed by atoms with E-state index in [9.17, 15) is 37.1 Å². The van der Waals surface area contributed by atoms with Gasteiger partial charge in [0.15, 0.2) is 0 Å². The van der Waals surface area contributed by atoms with Crippen molar-refractivity contribution < 1.29 is 36.6 Å². The monoisotopic (exact) mass is 784 g/mol. The maximum Gasteiger partial charge on any atom is 0.419 e. The van der Waals surface area contributed by atoms with Gasteiger partial charge >= 0.3 is 12.1 Å². The van der Waals surface area contributed by atoms with E-state index in [-0.39, 0.29) is 36.4 Å². The number of rotatable bonds is 12. The predicted octanol–water partition coefficient (Wildman–Crippen LogP) is 9.54. The molecule has 0 unspecified atom stereocenters. The number of amides is 1. The standard InChI is InChI=1S/C44H41F5N4O4/c1-23(2)15-38(42(56)52-37(21-39(54)55)33-18-29(19-34(41(33)46)44(47,48)49)40-24(3)9-8-10-25(40)4)53-22-31(50-26(5)43(53)57)14-13-27-16-30(45)20-36-32(27)17-28-11-6-7-12-35(28)51-36/h6-12,16-20,22-23,37-38H,13-15,21H2,1-5H3,(H,52,56)(H,54,55)/t37-,38-/m0/s1. The van der Waals surface area contributed by atoms with Crippen molar-refractivity contribution in [3.05, 3.63) is 140 Å². The van der Waals surface area contributed by atoms with Crippen LogP contribution in [0.15, 0.2) is 83.8 Å². The Balaban J connectivity index is 1.38. The van der Waals surface area contributed by atoms with Crippen LogP contribution in [0.2, 0.25) is 0 Å². The maximum atomic E-state index is 16.0. The van der Waals surface area contributed by atoms with E-state index in [2.05, 4.69) is 15.3 Å². The van der Waals surface area contributed by atoms with Crippen LogP contribution in [-0.4, -0.2) is 31.5 Å². The molecule has 1 amide bonds. The van der Waals surface area contributed by atoms with Gasteiger partial charge in [-0.1, -0.05) is 50.2 Å². The Hall–Kier alpha value is -5.98. The first-order valence-corrected chi connectivity index (χ1v) is 18.5. The Morgan fingerprint density at radius 2 is 1.58 bits per heavy atom. The van der Waals surface area contributed by atoms with Crippen molar-refractivity contribution in [3.63, 3.8) is 0 Å². The minimum Gasteiger partial charge on any atom is -0.481 e. The van der Waals surface area contributed by atoms with Crippen LogP contribution >= 0.6 is 0 Å². The Labute approximate surface area is 325 Å². The molecule has 296 valence electrons. The second-order valence-electron chi connectivity index (χ2n) is 14.8. The third-order valence-corrected chi connectivity index (χ3v) is 10.1. The van der Waals surface area contributed by atoms with Crippen LogP contribution in [0.5, 0.6) is 0 Å². The first-order valence-electron chi connectivity index (χ1n) is 18.5. The molecule has 0 aliphatic carbocycles. The van der Waals surface area contributed by atoms with Crippen LogP contribution in [0, 0.1) is 38.3 Å². The SMILES string of the molecule is Cc1cccc(C)c1-c1cc([C@H](CC(=O)O)NC(=O)[C@H](CC(C)C)n2cc(CCc3cc(F)cc4nc5ccccc5cc34)nc(C)c2=O)c(F)c(C(F)(F)F)c1. The summed E-state index contributed by atoms with van der Waals surface area (Å²) < 4.78 is 75.0. The van der Waals surface area contributed by atoms with Gasteiger partial charge in [-0.05, 0) is 104 Å². The molecule has 57 heavy (non-hydrogen) atoms. The minimum absolute atomic E-state index is 0.00152. The number of aryl methyl sites for hydroxylation is 5. The Bertz CT molecular complexity index is 2560. The molecule has 2 atom stereocenters. The number of halogens is 5. The average Bonchev–Trinajstić information content (AvgIpc) is 3.12. The van der Waals surface area contributed by atoms with Gasteiger partial charge in [-0.25, -0.2) is 13.8 Å². The molecule has 2 heterocycles. The van der Waals surface area contributed by atoms with Crippen LogP contribution in [0.3, 0.4) is 0 Å². The number of aliphatic carboxylic acids is 1. The molecule has 6 aromatic rings. The Morgan fingerprint density at radius 1 is 0.877 bits per heavy atom. The third-order valence-electron chi connectivity index (χ3n) is 10.1. The number of benzene rings is 4. The lowest BCUT2D eigenvalue weighted by atomic mass is 9.90. The third kappa shape index (κ3) is 8.87. The van der Waals surface area contributed by atoms with E-state index in [0.717, 1.165) is 16.8 Å². The molecule has 2 N–H and O–H groups in total. The van der Waals surface area contributed by atoms with E-state index >= 15 is 4.39 Å². The number of pyridine rings is 1. The molecular weight excluding hydrogens is 743 g/mol. The summed E-state index contributed by atoms with van der Waals surface area (Å²) in [5.74, 6) is -4.79. The highest BCUT2D eigenvalue weighted by Gasteiger charge is 2.38. The summed E-state index contributed by atoms with van der Waals surface area (Å²) in [6.45, 7) is 8.44. The smallest absolute Gasteiger partial charge is 0.419 e. The summed E-state index contributed by atoms with van der Waals surface area (Å²) in [6.07, 6.45) is -4.12. The molecular formula is C44H41F5N4O4. The van der Waals surface area contributed by atoms with Crippen LogP contribution in [0.1, 0.15) is 78.0 Å². The second-order valence-corrected chi connectivity index (χ2v) is 14.8. The molecule has 0 spiro atoms. The zero-order valence-corrected chi connectivity index (χ0v) is 32.0. The van der Waals surface area contributed by atoms with Crippen LogP contribution in [-0.2, 0) is 28.6 Å². The first-order chi connectivity index (χ1) is 26.9. The summed E-state index contributed by atoms with van der Waals surface area (Å²) in [5, 5.41) is 14.0. The molecule has 4 aromatic carbocycles. The van der Waals surface area contributed by atoms with Crippen molar-refractivity contribution in [3.8, 4) is 11.1 Å². The van der Waals surface area contributed by atoms with Gasteiger partial charge in [0.05, 0.1) is 34.8 Å². The molecule has 0 saturated carbocycles. The molecule has 2 aromatic heterocycles. The number of carbonyl (C=O) groups excluding carboxylic acids is 1. The number of alkyl halides is 3. The van der Waals surface area contributed by atoms with Crippen molar-refractivity contribution in [2.45, 2.75) is 78.6 Å². The molecule has 6 rings (SSSR count). The predicted molar refractivity (Wildman–Crippen MR) is 208 cm³/mol. The van der Waals surface area contributed by atoms with Gasteiger partial charge in [0.2, 0.25) is 5.91 Å². The van der Waals surface area contributed by atoms with Crippen molar-refractivity contribution in [1.29, 1.82) is 0 Å². The second kappa shape index (κ2) is 16.2. The molecule has 13 heteroatoms. The number of fused-ring (bicyclic) bond motifs is 2. The van der Waals surface area contributed by atoms with Gasteiger partial charge < -0.3 is 10.4 Å². The van der Waals surface area contributed by atoms with Crippen LogP contribution < -0.4 is 10.9 Å². The summed E-state index contributed by atoms with van der Waals surface area (Å²) >= 11 is 0. The van der Waals surface area contributed by atoms with E-state index in [1.54, 1.807) is 45.9 Å². The summed E-state index contributed by atoms with van der Waals surface area (Å²) in [6, 6.07) is 16.1. The zero-order valence-electron chi connectivity index (χ0n) is 32.0. The number of nitrogens with one attached hydrogen (secondary N) is 1. The Kier molecular flexibility index (Phi) is 11.6. The van der Waals surface area contributed by atoms with Gasteiger partial charge in [0, 0.05) is 28.6 Å². The molecule has 0 saturated heterocycles. The molecule has 0 bridgehead atoms. The lowest BCUT2D eigenvalue weighted by molar-refractivity contribution is -0.140. The van der Waals surface area contributed by atoms with Crippen molar-refractivity contribution in [1.82, 2.24) is 19.9 Å². The number of hydrogen-bond donors (Lipinski definition) is 2. The minimum atomic E-state index is -5.15. The number of carboxylic acids is 1. The van der Waals surface area contributed by atoms with E-state index in [4.69, 9.17) is 0 Å². The van der Waals surface area contributed by atoms with Gasteiger partial charge in [0.1, 0.15) is 23.4 Å². The van der Waals surface area contributed by atoms with Crippen LogP contribution in [0.25, 0.3) is 32.9 Å². The molecule has 8 nitrogen and oxygen atoms in total. The quantitative estimate of drug-likeness (QED) is 0.0945. The fourth-order valence-electron chi connectivity index (χ4n) is 7.43. The number of carboxylic acid groups (broad SMARTS) is 1. The first kappa shape index (κ1) is 40.7. The average molecular weight is 785 g/mol. The lowest BCUT2D eigenvalue weighted by Gasteiger charge is -2.27.